The molecule has 5 aromatic rings. The third-order valence-corrected chi connectivity index (χ3v) is 5.93. The maximum absolute atomic E-state index is 12.8. The van der Waals surface area contributed by atoms with E-state index in [-0.39, 0.29) is 28.8 Å². The van der Waals surface area contributed by atoms with E-state index in [1.54, 1.807) is 0 Å². The summed E-state index contributed by atoms with van der Waals surface area (Å²) in [6, 6.07) is 16.1. The molecule has 1 amide bonds. The lowest BCUT2D eigenvalue weighted by Crippen LogP contribution is -2.17. The Morgan fingerprint density at radius 1 is 1.11 bits per heavy atom. The number of rotatable bonds is 6. The molecule has 0 spiro atoms. The van der Waals surface area contributed by atoms with Gasteiger partial charge < -0.3 is 14.2 Å². The summed E-state index contributed by atoms with van der Waals surface area (Å²) >= 11 is 5.83. The predicted molar refractivity (Wildman–Crippen MR) is 134 cm³/mol. The summed E-state index contributed by atoms with van der Waals surface area (Å²) in [5, 5.41) is 18.3. The van der Waals surface area contributed by atoms with E-state index in [1.807, 2.05) is 35.0 Å². The first-order valence-electron chi connectivity index (χ1n) is 11.1. The van der Waals surface area contributed by atoms with Crippen LogP contribution in [-0.2, 0) is 12.7 Å². The summed E-state index contributed by atoms with van der Waals surface area (Å²) in [4.78, 5) is 16.5. The Hall–Kier alpha value is -4.64. The zero-order valence-corrected chi connectivity index (χ0v) is 20.0. The molecule has 0 unspecified atom stereocenters. The van der Waals surface area contributed by atoms with Crippen LogP contribution in [0.4, 0.5) is 13.2 Å². The molecule has 192 valence electrons. The largest absolute Gasteiger partial charge is 0.506 e. The molecule has 0 fully saturated rings. The summed E-state index contributed by atoms with van der Waals surface area (Å²) in [5.74, 6) is -0.113. The van der Waals surface area contributed by atoms with Gasteiger partial charge >= 0.3 is 6.18 Å². The predicted octanol–water partition coefficient (Wildman–Crippen LogP) is 5.88. The fourth-order valence-corrected chi connectivity index (χ4v) is 3.89. The Kier molecular flexibility index (Phi) is 6.60. The van der Waals surface area contributed by atoms with Crippen molar-refractivity contribution in [2.75, 3.05) is 0 Å². The molecule has 0 saturated heterocycles. The SMILES string of the molecule is O=C(N/N=C/c1ccc2c(ccn2Cc2noc(-c3ccc(C(F)(F)F)cc3)n2)c1)c1ccc(O)c(Cl)c1. The Labute approximate surface area is 218 Å². The van der Waals surface area contributed by atoms with Gasteiger partial charge in [-0.3, -0.25) is 4.79 Å². The number of hydrazone groups is 1. The van der Waals surface area contributed by atoms with Crippen molar-refractivity contribution in [2.24, 2.45) is 5.10 Å². The lowest BCUT2D eigenvalue weighted by atomic mass is 10.1. The average molecular weight is 540 g/mol. The Balaban J connectivity index is 1.25. The third-order valence-electron chi connectivity index (χ3n) is 5.62. The molecule has 0 radical (unpaired) electrons. The molecule has 0 saturated carbocycles. The van der Waals surface area contributed by atoms with Crippen molar-refractivity contribution in [3.8, 4) is 17.2 Å². The molecule has 0 aliphatic heterocycles. The molecule has 0 atom stereocenters. The zero-order valence-electron chi connectivity index (χ0n) is 19.3. The van der Waals surface area contributed by atoms with Crippen molar-refractivity contribution in [3.05, 3.63) is 100 Å². The number of alkyl halides is 3. The van der Waals surface area contributed by atoms with Gasteiger partial charge in [0.15, 0.2) is 5.82 Å². The lowest BCUT2D eigenvalue weighted by Gasteiger charge is -2.05. The van der Waals surface area contributed by atoms with Crippen molar-refractivity contribution < 1.29 is 27.6 Å². The minimum Gasteiger partial charge on any atom is -0.506 e. The van der Waals surface area contributed by atoms with Crippen LogP contribution in [0.1, 0.15) is 27.3 Å². The summed E-state index contributed by atoms with van der Waals surface area (Å²) in [6.07, 6.45) is -1.08. The first-order chi connectivity index (χ1) is 18.2. The monoisotopic (exact) mass is 539 g/mol. The van der Waals surface area contributed by atoms with E-state index >= 15 is 0 Å². The van der Waals surface area contributed by atoms with Crippen LogP contribution in [-0.4, -0.2) is 31.9 Å². The second-order valence-electron chi connectivity index (χ2n) is 8.22. The van der Waals surface area contributed by atoms with Gasteiger partial charge in [0.25, 0.3) is 11.8 Å². The van der Waals surface area contributed by atoms with Crippen LogP contribution in [0.2, 0.25) is 5.02 Å². The molecule has 5 rings (SSSR count). The fourth-order valence-electron chi connectivity index (χ4n) is 3.70. The van der Waals surface area contributed by atoms with Gasteiger partial charge in [0.2, 0.25) is 0 Å². The summed E-state index contributed by atoms with van der Waals surface area (Å²) in [7, 11) is 0. The zero-order chi connectivity index (χ0) is 26.9. The number of nitrogens with one attached hydrogen (secondary N) is 1. The topological polar surface area (TPSA) is 106 Å². The molecule has 2 heterocycles. The third kappa shape index (κ3) is 5.37. The highest BCUT2D eigenvalue weighted by molar-refractivity contribution is 6.32. The maximum Gasteiger partial charge on any atom is 0.416 e. The fraction of sp³-hybridized carbons (Fsp3) is 0.0769. The van der Waals surface area contributed by atoms with Crippen LogP contribution in [0.5, 0.6) is 5.75 Å². The Morgan fingerprint density at radius 3 is 2.63 bits per heavy atom. The Bertz CT molecular complexity index is 1660. The quantitative estimate of drug-likeness (QED) is 0.207. The van der Waals surface area contributed by atoms with Crippen molar-refractivity contribution in [2.45, 2.75) is 12.7 Å². The van der Waals surface area contributed by atoms with Crippen LogP contribution in [0.3, 0.4) is 0 Å². The number of nitrogens with zero attached hydrogens (tertiary/aromatic N) is 4. The summed E-state index contributed by atoms with van der Waals surface area (Å²) in [6.45, 7) is 0.284. The van der Waals surface area contributed by atoms with Crippen LogP contribution in [0, 0.1) is 0 Å². The van der Waals surface area contributed by atoms with Crippen molar-refractivity contribution in [3.63, 3.8) is 0 Å². The minimum atomic E-state index is -4.42. The van der Waals surface area contributed by atoms with Gasteiger partial charge in [0.05, 0.1) is 23.3 Å². The number of fused-ring (bicyclic) bond motifs is 1. The average Bonchev–Trinajstić information content (AvgIpc) is 3.52. The Morgan fingerprint density at radius 2 is 1.89 bits per heavy atom. The van der Waals surface area contributed by atoms with E-state index < -0.39 is 17.6 Å². The van der Waals surface area contributed by atoms with Crippen LogP contribution in [0.15, 0.2) is 82.6 Å². The number of amides is 1. The molecule has 38 heavy (non-hydrogen) atoms. The lowest BCUT2D eigenvalue weighted by molar-refractivity contribution is -0.137. The van der Waals surface area contributed by atoms with Crippen LogP contribution < -0.4 is 5.43 Å². The van der Waals surface area contributed by atoms with Crippen molar-refractivity contribution in [1.29, 1.82) is 0 Å². The number of phenols is 1. The number of carbonyl (C=O) groups excluding carboxylic acids is 1. The van der Waals surface area contributed by atoms with Crippen molar-refractivity contribution in [1.82, 2.24) is 20.1 Å². The first-order valence-corrected chi connectivity index (χ1v) is 11.5. The number of carbonyl (C=O) groups is 1. The number of halogens is 4. The van der Waals surface area contributed by atoms with Gasteiger partial charge in [-0.1, -0.05) is 22.8 Å². The standard InChI is InChI=1S/C26H17ClF3N5O3/c27-20-12-18(4-8-22(20)36)24(37)33-31-13-15-1-7-21-17(11-15)9-10-35(21)14-23-32-25(38-34-23)16-2-5-19(6-3-16)26(28,29)30/h1-13,36H,14H2,(H,33,37)/b31-13+. The molecular formula is C26H17ClF3N5O3. The van der Waals surface area contributed by atoms with Gasteiger partial charge in [0, 0.05) is 28.2 Å². The number of aromatic hydroxyl groups is 1. The van der Waals surface area contributed by atoms with Crippen LogP contribution in [0.25, 0.3) is 22.4 Å². The highest BCUT2D eigenvalue weighted by Crippen LogP contribution is 2.30. The number of hydrogen-bond donors (Lipinski definition) is 2. The number of hydrogen-bond acceptors (Lipinski definition) is 6. The number of phenolic OH excluding ortho intramolecular Hbond substituents is 1. The molecule has 3 aromatic carbocycles. The van der Waals surface area contributed by atoms with Crippen molar-refractivity contribution >= 4 is 34.6 Å². The molecule has 0 bridgehead atoms. The van der Waals surface area contributed by atoms with E-state index in [4.69, 9.17) is 16.1 Å². The maximum atomic E-state index is 12.8. The normalized spacial score (nSPS) is 11.9. The van der Waals surface area contributed by atoms with Gasteiger partial charge in [-0.05, 0) is 66.2 Å². The van der Waals surface area contributed by atoms with Crippen LogP contribution >= 0.6 is 11.6 Å². The van der Waals surface area contributed by atoms with Gasteiger partial charge in [-0.25, -0.2) is 5.43 Å². The van der Waals surface area contributed by atoms with Gasteiger partial charge in [-0.2, -0.15) is 23.3 Å². The van der Waals surface area contributed by atoms with E-state index in [2.05, 4.69) is 20.7 Å². The second kappa shape index (κ2) is 10.0. The molecular weight excluding hydrogens is 523 g/mol. The number of aromatic nitrogens is 3. The van der Waals surface area contributed by atoms with Gasteiger partial charge in [-0.15, -0.1) is 0 Å². The van der Waals surface area contributed by atoms with Gasteiger partial charge in [0.1, 0.15) is 5.75 Å². The highest BCUT2D eigenvalue weighted by Gasteiger charge is 2.30. The van der Waals surface area contributed by atoms with E-state index in [9.17, 15) is 23.1 Å². The molecule has 12 heteroatoms. The first kappa shape index (κ1) is 25.0. The summed E-state index contributed by atoms with van der Waals surface area (Å²) < 4.78 is 45.5. The number of benzene rings is 3. The smallest absolute Gasteiger partial charge is 0.416 e. The molecule has 2 aromatic heterocycles. The molecule has 8 nitrogen and oxygen atoms in total. The van der Waals surface area contributed by atoms with E-state index in [1.165, 1.54) is 36.5 Å². The van der Waals surface area contributed by atoms with E-state index in [0.29, 0.717) is 11.4 Å². The van der Waals surface area contributed by atoms with E-state index in [0.717, 1.165) is 28.6 Å². The molecule has 0 aliphatic carbocycles. The minimum absolute atomic E-state index is 0.0632. The molecule has 0 aliphatic rings. The molecule has 2 N–H and O–H groups in total. The summed E-state index contributed by atoms with van der Waals surface area (Å²) in [5.41, 5.74) is 3.91. The highest BCUT2D eigenvalue weighted by atomic mass is 35.5. The second-order valence-corrected chi connectivity index (χ2v) is 8.63.